The number of nitrogens with zero attached hydrogens (tertiary/aromatic N) is 2. The zero-order chi connectivity index (χ0) is 38.0. The summed E-state index contributed by atoms with van der Waals surface area (Å²) in [6, 6.07) is 0. The highest BCUT2D eigenvalue weighted by molar-refractivity contribution is 4.73. The average Bonchev–Trinajstić information content (AvgIpc) is 3.16. The van der Waals surface area contributed by atoms with Crippen molar-refractivity contribution in [1.29, 1.82) is 0 Å². The van der Waals surface area contributed by atoms with Crippen molar-refractivity contribution in [3.05, 3.63) is 0 Å². The quantitative estimate of drug-likeness (QED) is 0.0347. The largest absolute Gasteiger partial charge is 0.395 e. The van der Waals surface area contributed by atoms with Crippen molar-refractivity contribution in [3.8, 4) is 0 Å². The minimum Gasteiger partial charge on any atom is -0.395 e. The van der Waals surface area contributed by atoms with E-state index >= 15 is 0 Å². The Balaban J connectivity index is 4.72. The standard InChI is InChI=1S/C44H96N6O2/c1-3-5-7-9-11-13-15-17-19-21-23-25-31-49(41-43(37-45)39-47-29-35-51)33-27-28-34-50(42-44(38-46)40-48-30-36-52)32-26-24-22-20-18-16-14-12-10-8-6-4-2/h43-44,47-48,51-52H,3-42,45-46H2,1-2H3. The lowest BCUT2D eigenvalue weighted by Gasteiger charge is -2.29. The zero-order valence-corrected chi connectivity index (χ0v) is 35.4. The molecule has 2 atom stereocenters. The molecule has 8 heteroatoms. The first-order valence-electron chi connectivity index (χ1n) is 23.1. The van der Waals surface area contributed by atoms with Gasteiger partial charge in [-0.25, -0.2) is 0 Å². The van der Waals surface area contributed by atoms with Crippen LogP contribution in [0.1, 0.15) is 181 Å². The van der Waals surface area contributed by atoms with Gasteiger partial charge in [-0.3, -0.25) is 0 Å². The molecule has 0 spiro atoms. The maximum atomic E-state index is 9.24. The van der Waals surface area contributed by atoms with Gasteiger partial charge in [0.2, 0.25) is 0 Å². The van der Waals surface area contributed by atoms with E-state index in [9.17, 15) is 10.2 Å². The second-order valence-corrected chi connectivity index (χ2v) is 16.1. The highest BCUT2D eigenvalue weighted by Crippen LogP contribution is 2.15. The van der Waals surface area contributed by atoms with Crippen LogP contribution in [0.5, 0.6) is 0 Å². The Morgan fingerprint density at radius 1 is 0.404 bits per heavy atom. The third-order valence-corrected chi connectivity index (χ3v) is 11.0. The first-order chi connectivity index (χ1) is 25.6. The Kier molecular flexibility index (Phi) is 43.1. The van der Waals surface area contributed by atoms with E-state index in [-0.39, 0.29) is 13.2 Å². The number of rotatable bonds is 45. The molecule has 0 heterocycles. The molecule has 2 unspecified atom stereocenters. The Hall–Kier alpha value is -0.320. The molecule has 52 heavy (non-hydrogen) atoms. The van der Waals surface area contributed by atoms with Gasteiger partial charge >= 0.3 is 0 Å². The predicted molar refractivity (Wildman–Crippen MR) is 229 cm³/mol. The summed E-state index contributed by atoms with van der Waals surface area (Å²) < 4.78 is 0. The number of aliphatic hydroxyl groups is 2. The van der Waals surface area contributed by atoms with E-state index in [4.69, 9.17) is 11.5 Å². The molecule has 0 aliphatic carbocycles. The van der Waals surface area contributed by atoms with E-state index in [2.05, 4.69) is 34.3 Å². The zero-order valence-electron chi connectivity index (χ0n) is 35.4. The molecule has 0 radical (unpaired) electrons. The number of hydrogen-bond donors (Lipinski definition) is 6. The fourth-order valence-electron chi connectivity index (χ4n) is 7.56. The third-order valence-electron chi connectivity index (χ3n) is 11.0. The Bertz CT molecular complexity index is 606. The van der Waals surface area contributed by atoms with E-state index in [0.29, 0.717) is 38.0 Å². The van der Waals surface area contributed by atoms with Gasteiger partial charge in [0.25, 0.3) is 0 Å². The van der Waals surface area contributed by atoms with Crippen LogP contribution >= 0.6 is 0 Å². The van der Waals surface area contributed by atoms with Crippen molar-refractivity contribution in [3.63, 3.8) is 0 Å². The van der Waals surface area contributed by atoms with Crippen LogP contribution in [0, 0.1) is 11.8 Å². The molecular weight excluding hydrogens is 645 g/mol. The van der Waals surface area contributed by atoms with Crippen molar-refractivity contribution in [2.45, 2.75) is 181 Å². The van der Waals surface area contributed by atoms with E-state index in [1.54, 1.807) is 0 Å². The van der Waals surface area contributed by atoms with Gasteiger partial charge in [-0.05, 0) is 76.8 Å². The molecular formula is C44H96N6O2. The smallest absolute Gasteiger partial charge is 0.0555 e. The van der Waals surface area contributed by atoms with Crippen LogP contribution in [0.25, 0.3) is 0 Å². The summed E-state index contributed by atoms with van der Waals surface area (Å²) in [5.41, 5.74) is 12.4. The summed E-state index contributed by atoms with van der Waals surface area (Å²) in [7, 11) is 0. The maximum absolute atomic E-state index is 9.24. The predicted octanol–water partition coefficient (Wildman–Crippen LogP) is 8.09. The number of aliphatic hydroxyl groups excluding tert-OH is 2. The lowest BCUT2D eigenvalue weighted by atomic mass is 10.0. The summed E-state index contributed by atoms with van der Waals surface area (Å²) in [4.78, 5) is 5.37. The maximum Gasteiger partial charge on any atom is 0.0555 e. The molecule has 0 aromatic heterocycles. The van der Waals surface area contributed by atoms with Gasteiger partial charge < -0.3 is 42.1 Å². The summed E-state index contributed by atoms with van der Waals surface area (Å²) in [5.74, 6) is 0.839. The van der Waals surface area contributed by atoms with Crippen LogP contribution in [0.2, 0.25) is 0 Å². The van der Waals surface area contributed by atoms with Crippen LogP contribution in [0.4, 0.5) is 0 Å². The number of unbranched alkanes of at least 4 members (excludes halogenated alkanes) is 23. The highest BCUT2D eigenvalue weighted by atomic mass is 16.3. The van der Waals surface area contributed by atoms with Crippen LogP contribution in [0.3, 0.4) is 0 Å². The highest BCUT2D eigenvalue weighted by Gasteiger charge is 2.15. The minimum absolute atomic E-state index is 0.179. The van der Waals surface area contributed by atoms with Gasteiger partial charge in [-0.2, -0.15) is 0 Å². The first-order valence-corrected chi connectivity index (χ1v) is 23.1. The van der Waals surface area contributed by atoms with Crippen molar-refractivity contribution >= 4 is 0 Å². The normalized spacial score (nSPS) is 13.2. The van der Waals surface area contributed by atoms with Gasteiger partial charge in [0, 0.05) is 39.3 Å². The van der Waals surface area contributed by atoms with Crippen molar-refractivity contribution in [1.82, 2.24) is 20.4 Å². The monoisotopic (exact) mass is 741 g/mol. The molecule has 8 N–H and O–H groups in total. The average molecular weight is 741 g/mol. The van der Waals surface area contributed by atoms with Gasteiger partial charge in [0.15, 0.2) is 0 Å². The number of nitrogens with two attached hydrogens (primary N) is 2. The van der Waals surface area contributed by atoms with Crippen molar-refractivity contribution in [2.24, 2.45) is 23.3 Å². The van der Waals surface area contributed by atoms with Crippen LogP contribution < -0.4 is 22.1 Å². The van der Waals surface area contributed by atoms with Crippen LogP contribution in [0.15, 0.2) is 0 Å². The molecule has 0 aromatic carbocycles. The van der Waals surface area contributed by atoms with E-state index in [1.807, 2.05) is 0 Å². The molecule has 8 nitrogen and oxygen atoms in total. The molecule has 0 aliphatic heterocycles. The van der Waals surface area contributed by atoms with E-state index < -0.39 is 0 Å². The summed E-state index contributed by atoms with van der Waals surface area (Å²) in [5, 5.41) is 25.3. The van der Waals surface area contributed by atoms with Crippen molar-refractivity contribution in [2.75, 3.05) is 91.8 Å². The lowest BCUT2D eigenvalue weighted by molar-refractivity contribution is 0.197. The Labute approximate surface area is 325 Å². The molecule has 0 aromatic rings. The van der Waals surface area contributed by atoms with Gasteiger partial charge in [0.05, 0.1) is 13.2 Å². The molecule has 0 saturated carbocycles. The first kappa shape index (κ1) is 51.7. The Morgan fingerprint density at radius 2 is 0.654 bits per heavy atom. The molecule has 0 saturated heterocycles. The SMILES string of the molecule is CCCCCCCCCCCCCCN(CCCCN(CCCCCCCCCCCCCC)CC(CN)CNCCO)CC(CN)CNCCO. The molecule has 0 rings (SSSR count). The molecule has 0 aliphatic rings. The summed E-state index contributed by atoms with van der Waals surface area (Å²) >= 11 is 0. The van der Waals surface area contributed by atoms with Gasteiger partial charge in [-0.15, -0.1) is 0 Å². The topological polar surface area (TPSA) is 123 Å². The van der Waals surface area contributed by atoms with E-state index in [0.717, 1.165) is 39.3 Å². The Morgan fingerprint density at radius 3 is 0.904 bits per heavy atom. The number of hydrogen-bond acceptors (Lipinski definition) is 8. The minimum atomic E-state index is 0.179. The van der Waals surface area contributed by atoms with Gasteiger partial charge in [-0.1, -0.05) is 155 Å². The lowest BCUT2D eigenvalue weighted by Crippen LogP contribution is -2.41. The van der Waals surface area contributed by atoms with Crippen LogP contribution in [-0.4, -0.2) is 112 Å². The number of nitrogens with one attached hydrogen (secondary N) is 2. The molecule has 0 bridgehead atoms. The third kappa shape index (κ3) is 36.6. The fourth-order valence-corrected chi connectivity index (χ4v) is 7.56. The van der Waals surface area contributed by atoms with Gasteiger partial charge in [0.1, 0.15) is 0 Å². The van der Waals surface area contributed by atoms with E-state index in [1.165, 1.54) is 180 Å². The summed E-state index contributed by atoms with van der Waals surface area (Å²) in [6.45, 7) is 16.1. The molecule has 0 amide bonds. The second-order valence-electron chi connectivity index (χ2n) is 16.1. The molecule has 314 valence electrons. The van der Waals surface area contributed by atoms with Crippen molar-refractivity contribution < 1.29 is 10.2 Å². The second kappa shape index (κ2) is 43.4. The summed E-state index contributed by atoms with van der Waals surface area (Å²) in [6.07, 6.45) is 35.7. The fraction of sp³-hybridized carbons (Fsp3) is 1.00. The molecule has 0 fully saturated rings. The van der Waals surface area contributed by atoms with Crippen LogP contribution in [-0.2, 0) is 0 Å².